The predicted molar refractivity (Wildman–Crippen MR) is 107 cm³/mol. The molecule has 4 heteroatoms. The molecule has 0 bridgehead atoms. The van der Waals surface area contributed by atoms with E-state index in [4.69, 9.17) is 0 Å². The second kappa shape index (κ2) is 9.39. The normalized spacial score (nSPS) is 16.3. The summed E-state index contributed by atoms with van der Waals surface area (Å²) in [5, 5.41) is 3.15. The third-order valence-electron chi connectivity index (χ3n) is 4.98. The highest BCUT2D eigenvalue weighted by Gasteiger charge is 2.19. The summed E-state index contributed by atoms with van der Waals surface area (Å²) < 4.78 is 0. The van der Waals surface area contributed by atoms with E-state index in [1.807, 2.05) is 12.1 Å². The summed E-state index contributed by atoms with van der Waals surface area (Å²) in [4.78, 5) is 17.0. The largest absolute Gasteiger partial charge is 0.369 e. The molecule has 0 saturated carbocycles. The van der Waals surface area contributed by atoms with Gasteiger partial charge in [0, 0.05) is 37.9 Å². The lowest BCUT2D eigenvalue weighted by Crippen LogP contribution is -2.50. The standard InChI is InChI=1S/C22H29N3O/c1-19(12-13-20-8-4-2-5-9-20)23-22(26)18-24-14-16-25(17-15-24)21-10-6-3-7-11-21/h2-11,19H,12-18H2,1H3,(H,23,26)/t19-/m1/s1. The first kappa shape index (κ1) is 18.5. The first-order valence-corrected chi connectivity index (χ1v) is 9.56. The Kier molecular flexibility index (Phi) is 6.67. The van der Waals surface area contributed by atoms with Crippen molar-refractivity contribution < 1.29 is 4.79 Å². The zero-order chi connectivity index (χ0) is 18.2. The van der Waals surface area contributed by atoms with Crippen LogP contribution in [0.3, 0.4) is 0 Å². The second-order valence-electron chi connectivity index (χ2n) is 7.09. The Morgan fingerprint density at radius 3 is 2.23 bits per heavy atom. The topological polar surface area (TPSA) is 35.6 Å². The van der Waals surface area contributed by atoms with Crippen molar-refractivity contribution in [1.29, 1.82) is 0 Å². The summed E-state index contributed by atoms with van der Waals surface area (Å²) in [6, 6.07) is 21.1. The Bertz CT molecular complexity index is 666. The van der Waals surface area contributed by atoms with Crippen molar-refractivity contribution in [3.8, 4) is 0 Å². The zero-order valence-corrected chi connectivity index (χ0v) is 15.6. The summed E-state index contributed by atoms with van der Waals surface area (Å²) >= 11 is 0. The second-order valence-corrected chi connectivity index (χ2v) is 7.09. The van der Waals surface area contributed by atoms with Gasteiger partial charge in [0.25, 0.3) is 0 Å². The van der Waals surface area contributed by atoms with Crippen LogP contribution in [0.1, 0.15) is 18.9 Å². The van der Waals surface area contributed by atoms with E-state index in [0.29, 0.717) is 6.54 Å². The SMILES string of the molecule is C[C@H](CCc1ccccc1)NC(=O)CN1CCN(c2ccccc2)CC1. The highest BCUT2D eigenvalue weighted by Crippen LogP contribution is 2.15. The molecule has 1 fully saturated rings. The van der Waals surface area contributed by atoms with Crippen LogP contribution in [0, 0.1) is 0 Å². The molecule has 1 atom stereocenters. The molecule has 1 aliphatic heterocycles. The van der Waals surface area contributed by atoms with Crippen LogP contribution in [-0.4, -0.2) is 49.6 Å². The van der Waals surface area contributed by atoms with Gasteiger partial charge < -0.3 is 10.2 Å². The lowest BCUT2D eigenvalue weighted by atomic mass is 10.1. The minimum absolute atomic E-state index is 0.138. The number of aryl methyl sites for hydroxylation is 1. The molecule has 0 aromatic heterocycles. The van der Waals surface area contributed by atoms with Gasteiger partial charge in [0.1, 0.15) is 0 Å². The average Bonchev–Trinajstić information content (AvgIpc) is 2.68. The lowest BCUT2D eigenvalue weighted by molar-refractivity contribution is -0.122. The van der Waals surface area contributed by atoms with Crippen molar-refractivity contribution in [2.75, 3.05) is 37.6 Å². The number of benzene rings is 2. The van der Waals surface area contributed by atoms with Gasteiger partial charge in [-0.3, -0.25) is 9.69 Å². The van der Waals surface area contributed by atoms with E-state index in [2.05, 4.69) is 70.6 Å². The minimum atomic E-state index is 0.138. The Labute approximate surface area is 156 Å². The van der Waals surface area contributed by atoms with Gasteiger partial charge in [-0.25, -0.2) is 0 Å². The molecular weight excluding hydrogens is 322 g/mol. The maximum atomic E-state index is 12.3. The maximum Gasteiger partial charge on any atom is 0.234 e. The maximum absolute atomic E-state index is 12.3. The number of hydrogen-bond acceptors (Lipinski definition) is 3. The number of piperazine rings is 1. The molecule has 138 valence electrons. The Hall–Kier alpha value is -2.33. The molecule has 2 aromatic carbocycles. The van der Waals surface area contributed by atoms with E-state index < -0.39 is 0 Å². The predicted octanol–water partition coefficient (Wildman–Crippen LogP) is 2.95. The molecule has 0 spiro atoms. The summed E-state index contributed by atoms with van der Waals surface area (Å²) in [5.41, 5.74) is 2.59. The number of hydrogen-bond donors (Lipinski definition) is 1. The summed E-state index contributed by atoms with van der Waals surface area (Å²) in [5.74, 6) is 0.138. The number of anilines is 1. The van der Waals surface area contributed by atoms with E-state index in [0.717, 1.165) is 39.0 Å². The molecule has 0 unspecified atom stereocenters. The molecule has 1 saturated heterocycles. The number of nitrogens with one attached hydrogen (secondary N) is 1. The van der Waals surface area contributed by atoms with Gasteiger partial charge >= 0.3 is 0 Å². The van der Waals surface area contributed by atoms with Crippen LogP contribution in [-0.2, 0) is 11.2 Å². The molecule has 0 aliphatic carbocycles. The lowest BCUT2D eigenvalue weighted by Gasteiger charge is -2.35. The highest BCUT2D eigenvalue weighted by molar-refractivity contribution is 5.78. The van der Waals surface area contributed by atoms with Gasteiger partial charge in [-0.05, 0) is 37.5 Å². The van der Waals surface area contributed by atoms with Crippen LogP contribution < -0.4 is 10.2 Å². The van der Waals surface area contributed by atoms with E-state index >= 15 is 0 Å². The first-order chi connectivity index (χ1) is 12.7. The molecule has 0 radical (unpaired) electrons. The van der Waals surface area contributed by atoms with Gasteiger partial charge in [0.2, 0.25) is 5.91 Å². The Morgan fingerprint density at radius 1 is 0.962 bits per heavy atom. The minimum Gasteiger partial charge on any atom is -0.369 e. The van der Waals surface area contributed by atoms with Crippen LogP contribution in [0.15, 0.2) is 60.7 Å². The van der Waals surface area contributed by atoms with Crippen LogP contribution in [0.25, 0.3) is 0 Å². The van der Waals surface area contributed by atoms with Gasteiger partial charge in [0.15, 0.2) is 0 Å². The van der Waals surface area contributed by atoms with E-state index in [1.54, 1.807) is 0 Å². The average molecular weight is 351 g/mol. The fourth-order valence-corrected chi connectivity index (χ4v) is 3.43. The van der Waals surface area contributed by atoms with Crippen molar-refractivity contribution in [2.45, 2.75) is 25.8 Å². The molecule has 26 heavy (non-hydrogen) atoms. The fourth-order valence-electron chi connectivity index (χ4n) is 3.43. The molecule has 2 aromatic rings. The molecule has 4 nitrogen and oxygen atoms in total. The molecule has 1 heterocycles. The zero-order valence-electron chi connectivity index (χ0n) is 15.6. The Balaban J connectivity index is 1.36. The molecule has 1 amide bonds. The molecular formula is C22H29N3O. The van der Waals surface area contributed by atoms with Crippen LogP contribution in [0.5, 0.6) is 0 Å². The fraction of sp³-hybridized carbons (Fsp3) is 0.409. The van der Waals surface area contributed by atoms with Gasteiger partial charge in [-0.15, -0.1) is 0 Å². The molecule has 1 N–H and O–H groups in total. The summed E-state index contributed by atoms with van der Waals surface area (Å²) in [6.07, 6.45) is 1.97. The van der Waals surface area contributed by atoms with Gasteiger partial charge in [-0.2, -0.15) is 0 Å². The third-order valence-corrected chi connectivity index (χ3v) is 4.98. The van der Waals surface area contributed by atoms with Crippen molar-refractivity contribution >= 4 is 11.6 Å². The van der Waals surface area contributed by atoms with Crippen LogP contribution in [0.2, 0.25) is 0 Å². The third kappa shape index (κ3) is 5.60. The number of amides is 1. The highest BCUT2D eigenvalue weighted by atomic mass is 16.2. The first-order valence-electron chi connectivity index (χ1n) is 9.56. The van der Waals surface area contributed by atoms with Crippen molar-refractivity contribution in [1.82, 2.24) is 10.2 Å². The van der Waals surface area contributed by atoms with Crippen LogP contribution in [0.4, 0.5) is 5.69 Å². The number of rotatable bonds is 7. The van der Waals surface area contributed by atoms with Gasteiger partial charge in [0.05, 0.1) is 6.54 Å². The monoisotopic (exact) mass is 351 g/mol. The number of carbonyl (C=O) groups excluding carboxylic acids is 1. The van der Waals surface area contributed by atoms with E-state index in [1.165, 1.54) is 11.3 Å². The van der Waals surface area contributed by atoms with E-state index in [9.17, 15) is 4.79 Å². The summed E-state index contributed by atoms with van der Waals surface area (Å²) in [7, 11) is 0. The number of carbonyl (C=O) groups is 1. The number of nitrogens with zero attached hydrogens (tertiary/aromatic N) is 2. The van der Waals surface area contributed by atoms with Crippen molar-refractivity contribution in [3.05, 3.63) is 66.2 Å². The smallest absolute Gasteiger partial charge is 0.234 e. The molecule has 3 rings (SSSR count). The van der Waals surface area contributed by atoms with Crippen LogP contribution >= 0.6 is 0 Å². The number of para-hydroxylation sites is 1. The van der Waals surface area contributed by atoms with Crippen molar-refractivity contribution in [3.63, 3.8) is 0 Å². The van der Waals surface area contributed by atoms with E-state index in [-0.39, 0.29) is 11.9 Å². The Morgan fingerprint density at radius 2 is 1.58 bits per heavy atom. The quantitative estimate of drug-likeness (QED) is 0.833. The van der Waals surface area contributed by atoms with Crippen molar-refractivity contribution in [2.24, 2.45) is 0 Å². The summed E-state index contributed by atoms with van der Waals surface area (Å²) in [6.45, 7) is 6.40. The van der Waals surface area contributed by atoms with Gasteiger partial charge in [-0.1, -0.05) is 48.5 Å². The molecule has 1 aliphatic rings.